The predicted molar refractivity (Wildman–Crippen MR) is 51.4 cm³/mol. The van der Waals surface area contributed by atoms with Crippen LogP contribution in [0.25, 0.3) is 0 Å². The molecule has 0 saturated carbocycles. The molecule has 0 aliphatic carbocycles. The fourth-order valence-electron chi connectivity index (χ4n) is 1.68. The van der Waals surface area contributed by atoms with Crippen LogP contribution in [-0.4, -0.2) is 8.42 Å². The van der Waals surface area contributed by atoms with Crippen molar-refractivity contribution in [2.75, 3.05) is 0 Å². The minimum Gasteiger partial charge on any atom is -0.223 e. The van der Waals surface area contributed by atoms with Crippen molar-refractivity contribution in [3.8, 4) is 6.07 Å². The van der Waals surface area contributed by atoms with Crippen molar-refractivity contribution in [1.29, 1.82) is 5.26 Å². The Hall–Kier alpha value is -1.34. The van der Waals surface area contributed by atoms with E-state index in [4.69, 9.17) is 5.26 Å². The smallest absolute Gasteiger partial charge is 0.188 e. The van der Waals surface area contributed by atoms with Crippen LogP contribution < -0.4 is 0 Å². The molecular weight excluding hydrogens is 198 g/mol. The van der Waals surface area contributed by atoms with Crippen LogP contribution in [0.3, 0.4) is 0 Å². The maximum atomic E-state index is 11.7. The van der Waals surface area contributed by atoms with Crippen molar-refractivity contribution in [3.05, 3.63) is 29.3 Å². The van der Waals surface area contributed by atoms with E-state index in [9.17, 15) is 8.42 Å². The minimum atomic E-state index is -3.20. The van der Waals surface area contributed by atoms with Gasteiger partial charge in [-0.1, -0.05) is 6.07 Å². The zero-order valence-corrected chi connectivity index (χ0v) is 8.72. The number of nitrogens with zero attached hydrogens (tertiary/aromatic N) is 1. The predicted octanol–water partition coefficient (Wildman–Crippen LogP) is 1.58. The fourth-order valence-corrected chi connectivity index (χ4v) is 3.44. The van der Waals surface area contributed by atoms with Crippen LogP contribution in [0.2, 0.25) is 0 Å². The normalized spacial score (nSPS) is 20.4. The van der Waals surface area contributed by atoms with Crippen molar-refractivity contribution in [2.24, 2.45) is 0 Å². The Kier molecular flexibility index (Phi) is 1.56. The second-order valence-electron chi connectivity index (χ2n) is 3.84. The maximum Gasteiger partial charge on any atom is 0.188 e. The highest BCUT2D eigenvalue weighted by Crippen LogP contribution is 2.48. The first-order valence-corrected chi connectivity index (χ1v) is 5.69. The third-order valence-corrected chi connectivity index (χ3v) is 5.20. The highest BCUT2D eigenvalue weighted by Gasteiger charge is 2.50. The molecule has 0 aromatic heterocycles. The molecule has 1 aliphatic rings. The van der Waals surface area contributed by atoms with Crippen LogP contribution >= 0.6 is 0 Å². The monoisotopic (exact) mass is 207 g/mol. The summed E-state index contributed by atoms with van der Waals surface area (Å²) >= 11 is 0. The van der Waals surface area contributed by atoms with E-state index < -0.39 is 14.6 Å². The molecule has 0 amide bonds. The molecule has 1 aliphatic heterocycles. The summed E-state index contributed by atoms with van der Waals surface area (Å²) in [7, 11) is -3.20. The fraction of sp³-hybridized carbons (Fsp3) is 0.300. The lowest BCUT2D eigenvalue weighted by Gasteiger charge is -2.37. The van der Waals surface area contributed by atoms with Gasteiger partial charge in [-0.15, -0.1) is 0 Å². The summed E-state index contributed by atoms with van der Waals surface area (Å²) in [5.41, 5.74) is 1.19. The number of fused-ring (bicyclic) bond motifs is 1. The standard InChI is InChI=1S/C10H9NO2S/c1-10(2)8-4-3-7(6-11)5-9(8)14(10,12)13/h3-5H,1-2H3. The van der Waals surface area contributed by atoms with Crippen molar-refractivity contribution in [1.82, 2.24) is 0 Å². The van der Waals surface area contributed by atoms with Gasteiger partial charge in [-0.2, -0.15) is 5.26 Å². The van der Waals surface area contributed by atoms with Gasteiger partial charge < -0.3 is 0 Å². The highest BCUT2D eigenvalue weighted by molar-refractivity contribution is 7.93. The van der Waals surface area contributed by atoms with Gasteiger partial charge >= 0.3 is 0 Å². The number of rotatable bonds is 0. The molecule has 4 heteroatoms. The van der Waals surface area contributed by atoms with Crippen LogP contribution in [0, 0.1) is 11.3 Å². The lowest BCUT2D eigenvalue weighted by atomic mass is 9.99. The van der Waals surface area contributed by atoms with E-state index in [1.165, 1.54) is 6.07 Å². The van der Waals surface area contributed by atoms with Gasteiger partial charge in [-0.3, -0.25) is 0 Å². The molecule has 0 spiro atoms. The molecular formula is C10H9NO2S. The third-order valence-electron chi connectivity index (χ3n) is 2.72. The summed E-state index contributed by atoms with van der Waals surface area (Å²) in [6.45, 7) is 3.35. The number of benzene rings is 1. The van der Waals surface area contributed by atoms with Crippen molar-refractivity contribution < 1.29 is 8.42 Å². The van der Waals surface area contributed by atoms with Gasteiger partial charge in [0, 0.05) is 0 Å². The van der Waals surface area contributed by atoms with Crippen LogP contribution in [-0.2, 0) is 14.6 Å². The lowest BCUT2D eigenvalue weighted by molar-refractivity contribution is 0.526. The quantitative estimate of drug-likeness (QED) is 0.649. The van der Waals surface area contributed by atoms with E-state index in [0.717, 1.165) is 5.56 Å². The zero-order chi connectivity index (χ0) is 10.6. The molecule has 0 atom stereocenters. The second kappa shape index (κ2) is 2.37. The molecule has 72 valence electrons. The van der Waals surface area contributed by atoms with E-state index >= 15 is 0 Å². The Labute approximate surface area is 82.9 Å². The third kappa shape index (κ3) is 0.828. The average Bonchev–Trinajstić information content (AvgIpc) is 2.16. The van der Waals surface area contributed by atoms with Crippen LogP contribution in [0.4, 0.5) is 0 Å². The Morgan fingerprint density at radius 3 is 2.57 bits per heavy atom. The van der Waals surface area contributed by atoms with Gasteiger partial charge in [0.15, 0.2) is 9.84 Å². The Balaban J connectivity index is 2.76. The van der Waals surface area contributed by atoms with Gasteiger partial charge in [-0.05, 0) is 31.5 Å². The van der Waals surface area contributed by atoms with E-state index in [2.05, 4.69) is 0 Å². The van der Waals surface area contributed by atoms with Gasteiger partial charge in [0.05, 0.1) is 21.3 Å². The maximum absolute atomic E-state index is 11.7. The van der Waals surface area contributed by atoms with E-state index in [1.54, 1.807) is 26.0 Å². The Bertz CT molecular complexity index is 550. The molecule has 3 nitrogen and oxygen atoms in total. The molecule has 0 bridgehead atoms. The SMILES string of the molecule is CC1(C)c2ccc(C#N)cc2S1(=O)=O. The average molecular weight is 207 g/mol. The van der Waals surface area contributed by atoms with Gasteiger partial charge in [0.25, 0.3) is 0 Å². The number of hydrogen-bond donors (Lipinski definition) is 0. The van der Waals surface area contributed by atoms with Gasteiger partial charge in [0.1, 0.15) is 0 Å². The minimum absolute atomic E-state index is 0.307. The topological polar surface area (TPSA) is 57.9 Å². The summed E-state index contributed by atoms with van der Waals surface area (Å²) in [6, 6.07) is 6.74. The van der Waals surface area contributed by atoms with Crippen molar-refractivity contribution in [3.63, 3.8) is 0 Å². The first-order valence-electron chi connectivity index (χ1n) is 4.20. The van der Waals surface area contributed by atoms with Crippen molar-refractivity contribution >= 4 is 9.84 Å². The molecule has 0 saturated heterocycles. The molecule has 0 unspecified atom stereocenters. The second-order valence-corrected chi connectivity index (χ2v) is 6.30. The molecule has 0 fully saturated rings. The first-order chi connectivity index (χ1) is 6.41. The first kappa shape index (κ1) is 9.22. The number of hydrogen-bond acceptors (Lipinski definition) is 3. The zero-order valence-electron chi connectivity index (χ0n) is 7.90. The Morgan fingerprint density at radius 2 is 2.00 bits per heavy atom. The summed E-state index contributed by atoms with van der Waals surface area (Å²) in [5.74, 6) is 0. The molecule has 1 aromatic carbocycles. The number of sulfone groups is 1. The van der Waals surface area contributed by atoms with Crippen molar-refractivity contribution in [2.45, 2.75) is 23.5 Å². The van der Waals surface area contributed by atoms with E-state index in [0.29, 0.717) is 10.5 Å². The van der Waals surface area contributed by atoms with Crippen LogP contribution in [0.5, 0.6) is 0 Å². The summed E-state index contributed by atoms with van der Waals surface area (Å²) in [4.78, 5) is 0.307. The Morgan fingerprint density at radius 1 is 1.36 bits per heavy atom. The van der Waals surface area contributed by atoms with Crippen LogP contribution in [0.1, 0.15) is 25.0 Å². The lowest BCUT2D eigenvalue weighted by Crippen LogP contribution is -2.40. The molecule has 1 aromatic rings. The molecule has 2 rings (SSSR count). The largest absolute Gasteiger partial charge is 0.223 e. The summed E-state index contributed by atoms with van der Waals surface area (Å²) in [5, 5.41) is 8.63. The molecule has 0 N–H and O–H groups in total. The highest BCUT2D eigenvalue weighted by atomic mass is 32.2. The summed E-state index contributed by atoms with van der Waals surface area (Å²) in [6.07, 6.45) is 0. The van der Waals surface area contributed by atoms with E-state index in [1.807, 2.05) is 6.07 Å². The summed E-state index contributed by atoms with van der Waals surface area (Å²) < 4.78 is 22.6. The molecule has 14 heavy (non-hydrogen) atoms. The number of nitriles is 1. The molecule has 1 heterocycles. The molecule has 0 radical (unpaired) electrons. The van der Waals surface area contributed by atoms with Gasteiger partial charge in [-0.25, -0.2) is 8.42 Å². The van der Waals surface area contributed by atoms with Gasteiger partial charge in [0.2, 0.25) is 0 Å². The van der Waals surface area contributed by atoms with E-state index in [-0.39, 0.29) is 0 Å². The van der Waals surface area contributed by atoms with Crippen LogP contribution in [0.15, 0.2) is 23.1 Å².